The Kier molecular flexibility index (Phi) is 8.93. The van der Waals surface area contributed by atoms with Crippen LogP contribution in [0.5, 0.6) is 0 Å². The number of methoxy groups -OCH3 is 1. The molecule has 2 atom stereocenters. The van der Waals surface area contributed by atoms with Gasteiger partial charge in [-0.15, -0.1) is 0 Å². The van der Waals surface area contributed by atoms with Gasteiger partial charge in [-0.1, -0.05) is 26.7 Å². The zero-order chi connectivity index (χ0) is 21.3. The molecule has 8 heteroatoms. The first-order chi connectivity index (χ1) is 14.5. The molecule has 0 radical (unpaired) electrons. The minimum atomic E-state index is 0.561. The molecule has 0 aliphatic carbocycles. The Labute approximate surface area is 187 Å². The van der Waals surface area contributed by atoms with Crippen LogP contribution in [0, 0.1) is 11.8 Å². The molecule has 2 aliphatic heterocycles. The highest BCUT2D eigenvalue weighted by molar-refractivity contribution is 7.80. The van der Waals surface area contributed by atoms with Gasteiger partial charge < -0.3 is 25.2 Å². The van der Waals surface area contributed by atoms with Gasteiger partial charge in [0.05, 0.1) is 0 Å². The van der Waals surface area contributed by atoms with E-state index in [1.165, 1.54) is 32.1 Å². The average Bonchev–Trinajstić information content (AvgIpc) is 3.00. The average molecular weight is 435 g/mol. The maximum Gasteiger partial charge on any atom is 0.232 e. The fraction of sp³-hybridized carbons (Fsp3) is 0.773. The first kappa shape index (κ1) is 23.0. The van der Waals surface area contributed by atoms with Crippen molar-refractivity contribution in [2.24, 2.45) is 11.8 Å². The van der Waals surface area contributed by atoms with Gasteiger partial charge in [-0.05, 0) is 49.7 Å². The summed E-state index contributed by atoms with van der Waals surface area (Å²) in [6.45, 7) is 10.3. The van der Waals surface area contributed by atoms with Gasteiger partial charge in [0.1, 0.15) is 11.6 Å². The summed E-state index contributed by atoms with van der Waals surface area (Å²) in [6.07, 6.45) is 7.23. The molecule has 0 unspecified atom stereocenters. The molecule has 2 aliphatic rings. The van der Waals surface area contributed by atoms with Crippen LogP contribution in [0.15, 0.2) is 6.07 Å². The van der Waals surface area contributed by atoms with Gasteiger partial charge in [0.15, 0.2) is 5.11 Å². The van der Waals surface area contributed by atoms with E-state index in [1.807, 2.05) is 0 Å². The third-order valence-electron chi connectivity index (χ3n) is 5.86. The van der Waals surface area contributed by atoms with Crippen molar-refractivity contribution in [1.82, 2.24) is 15.3 Å². The first-order valence-corrected chi connectivity index (χ1v) is 11.9. The number of ether oxygens (including phenoxy) is 1. The van der Waals surface area contributed by atoms with E-state index in [0.717, 1.165) is 50.8 Å². The number of aromatic nitrogens is 2. The maximum absolute atomic E-state index is 5.47. The van der Waals surface area contributed by atoms with Crippen molar-refractivity contribution in [3.05, 3.63) is 6.07 Å². The Bertz CT molecular complexity index is 670. The van der Waals surface area contributed by atoms with Crippen LogP contribution < -0.4 is 20.4 Å². The van der Waals surface area contributed by atoms with Crippen LogP contribution in [0.1, 0.15) is 52.4 Å². The number of nitrogens with zero attached hydrogens (tertiary/aromatic N) is 4. The van der Waals surface area contributed by atoms with Crippen LogP contribution in [-0.2, 0) is 4.74 Å². The second-order valence-electron chi connectivity index (χ2n) is 8.89. The summed E-state index contributed by atoms with van der Waals surface area (Å²) < 4.78 is 5.10. The number of piperidine rings is 1. The van der Waals surface area contributed by atoms with E-state index in [9.17, 15) is 0 Å². The molecule has 0 bridgehead atoms. The van der Waals surface area contributed by atoms with E-state index in [-0.39, 0.29) is 0 Å². The van der Waals surface area contributed by atoms with E-state index in [4.69, 9.17) is 26.9 Å². The second-order valence-corrected chi connectivity index (χ2v) is 9.30. The van der Waals surface area contributed by atoms with Crippen LogP contribution in [-0.4, -0.2) is 61.5 Å². The molecule has 0 spiro atoms. The van der Waals surface area contributed by atoms with Crippen molar-refractivity contribution in [2.75, 3.05) is 61.6 Å². The minimum absolute atomic E-state index is 0.561. The lowest BCUT2D eigenvalue weighted by atomic mass is 9.92. The molecular formula is C22H38N6OS. The van der Waals surface area contributed by atoms with E-state index in [1.54, 1.807) is 7.11 Å². The zero-order valence-electron chi connectivity index (χ0n) is 18.8. The molecule has 3 rings (SSSR count). The zero-order valence-corrected chi connectivity index (χ0v) is 19.6. The Hall–Kier alpha value is -1.67. The smallest absolute Gasteiger partial charge is 0.232 e. The molecule has 30 heavy (non-hydrogen) atoms. The van der Waals surface area contributed by atoms with Crippen LogP contribution >= 0.6 is 12.2 Å². The third-order valence-corrected chi connectivity index (χ3v) is 6.10. The Balaban J connectivity index is 1.78. The number of thiocarbonyl (C=S) groups is 1. The van der Waals surface area contributed by atoms with Crippen molar-refractivity contribution >= 4 is 34.9 Å². The van der Waals surface area contributed by atoms with Crippen LogP contribution in [0.3, 0.4) is 0 Å². The van der Waals surface area contributed by atoms with E-state index < -0.39 is 0 Å². The first-order valence-electron chi connectivity index (χ1n) is 11.5. The number of anilines is 3. The molecule has 0 amide bonds. The molecule has 0 aromatic carbocycles. The summed E-state index contributed by atoms with van der Waals surface area (Å²) in [6, 6.07) is 2.18. The Morgan fingerprint density at radius 2 is 1.70 bits per heavy atom. The molecule has 7 nitrogen and oxygen atoms in total. The number of nitrogens with one attached hydrogen (secondary N) is 2. The molecule has 2 fully saturated rings. The molecule has 1 aromatic rings. The van der Waals surface area contributed by atoms with E-state index >= 15 is 0 Å². The summed E-state index contributed by atoms with van der Waals surface area (Å²) in [5, 5.41) is 7.00. The molecule has 0 saturated carbocycles. The van der Waals surface area contributed by atoms with Crippen LogP contribution in [0.2, 0.25) is 0 Å². The minimum Gasteiger partial charge on any atom is -0.385 e. The molecule has 3 heterocycles. The Morgan fingerprint density at radius 1 is 1.07 bits per heavy atom. The second kappa shape index (κ2) is 11.6. The third kappa shape index (κ3) is 6.94. The van der Waals surface area contributed by atoms with Crippen molar-refractivity contribution in [3.63, 3.8) is 0 Å². The van der Waals surface area contributed by atoms with E-state index in [2.05, 4.69) is 40.3 Å². The lowest BCUT2D eigenvalue weighted by Gasteiger charge is -2.36. The SMILES string of the molecule is COCCCNC(=S)Nc1nc(N2CCCCCC2)cc(N2C[C@H](C)C[C@@H](C)C2)n1. The fourth-order valence-electron chi connectivity index (χ4n) is 4.52. The van der Waals surface area contributed by atoms with Crippen molar-refractivity contribution in [2.45, 2.75) is 52.4 Å². The van der Waals surface area contributed by atoms with Gasteiger partial charge in [0.25, 0.3) is 0 Å². The molecule has 2 N–H and O–H groups in total. The fourth-order valence-corrected chi connectivity index (χ4v) is 4.71. The summed E-state index contributed by atoms with van der Waals surface area (Å²) in [4.78, 5) is 14.5. The topological polar surface area (TPSA) is 65.6 Å². The van der Waals surface area contributed by atoms with Gasteiger partial charge in [-0.2, -0.15) is 9.97 Å². The number of hydrogen-bond donors (Lipinski definition) is 2. The molecular weight excluding hydrogens is 396 g/mol. The Morgan fingerprint density at radius 3 is 2.33 bits per heavy atom. The highest BCUT2D eigenvalue weighted by Gasteiger charge is 2.24. The van der Waals surface area contributed by atoms with Gasteiger partial charge >= 0.3 is 0 Å². The summed E-state index contributed by atoms with van der Waals surface area (Å²) in [5.41, 5.74) is 0. The van der Waals surface area contributed by atoms with Gasteiger partial charge in [-0.25, -0.2) is 0 Å². The standard InChI is InChI=1S/C22H38N6OS/c1-17-13-18(2)16-28(15-17)20-14-19(27-10-6-4-5-7-11-27)24-21(25-20)26-22(30)23-9-8-12-29-3/h14,17-18H,4-13,15-16H2,1-3H3,(H2,23,24,25,26,30)/t17-,18-/m1/s1. The summed E-state index contributed by atoms with van der Waals surface area (Å²) in [5.74, 6) is 3.95. The monoisotopic (exact) mass is 434 g/mol. The summed E-state index contributed by atoms with van der Waals surface area (Å²) >= 11 is 5.47. The van der Waals surface area contributed by atoms with Crippen LogP contribution in [0.4, 0.5) is 17.6 Å². The maximum atomic E-state index is 5.47. The normalized spacial score (nSPS) is 22.5. The van der Waals surface area contributed by atoms with Gasteiger partial charge in [0.2, 0.25) is 5.95 Å². The quantitative estimate of drug-likeness (QED) is 0.498. The van der Waals surface area contributed by atoms with Gasteiger partial charge in [0, 0.05) is 52.5 Å². The van der Waals surface area contributed by atoms with Crippen molar-refractivity contribution in [1.29, 1.82) is 0 Å². The highest BCUT2D eigenvalue weighted by Crippen LogP contribution is 2.29. The number of rotatable bonds is 7. The van der Waals surface area contributed by atoms with Crippen molar-refractivity contribution in [3.8, 4) is 0 Å². The highest BCUT2D eigenvalue weighted by atomic mass is 32.1. The van der Waals surface area contributed by atoms with Gasteiger partial charge in [-0.3, -0.25) is 0 Å². The lowest BCUT2D eigenvalue weighted by Crippen LogP contribution is -2.39. The van der Waals surface area contributed by atoms with Crippen molar-refractivity contribution < 1.29 is 4.74 Å². The predicted molar refractivity (Wildman–Crippen MR) is 129 cm³/mol. The largest absolute Gasteiger partial charge is 0.385 e. The molecule has 2 saturated heterocycles. The van der Waals surface area contributed by atoms with Crippen LogP contribution in [0.25, 0.3) is 0 Å². The molecule has 168 valence electrons. The lowest BCUT2D eigenvalue weighted by molar-refractivity contribution is 0.196. The molecule has 1 aromatic heterocycles. The predicted octanol–water partition coefficient (Wildman–Crippen LogP) is 3.66. The van der Waals surface area contributed by atoms with E-state index in [0.29, 0.717) is 29.5 Å². The summed E-state index contributed by atoms with van der Waals surface area (Å²) in [7, 11) is 1.71. The number of hydrogen-bond acceptors (Lipinski definition) is 6.